The standard InChI is InChI=1S/C19H18FN3O2/c20-15-5-3-14(4-6-15)9-10-21-19(24)18-8-7-16(12-23-18)22-13-17-2-1-11-25-17/h1-8,11-12,22H,9-10,13H2,(H,21,24). The van der Waals surface area contributed by atoms with Crippen LogP contribution in [0.25, 0.3) is 0 Å². The van der Waals surface area contributed by atoms with E-state index in [1.165, 1.54) is 12.1 Å². The van der Waals surface area contributed by atoms with Crippen LogP contribution in [0.5, 0.6) is 0 Å². The lowest BCUT2D eigenvalue weighted by Crippen LogP contribution is -2.26. The third-order valence-corrected chi connectivity index (χ3v) is 3.66. The smallest absolute Gasteiger partial charge is 0.269 e. The van der Waals surface area contributed by atoms with Crippen LogP contribution in [-0.4, -0.2) is 17.4 Å². The lowest BCUT2D eigenvalue weighted by atomic mass is 10.1. The van der Waals surface area contributed by atoms with E-state index in [2.05, 4.69) is 15.6 Å². The summed E-state index contributed by atoms with van der Waals surface area (Å²) in [5.41, 5.74) is 2.12. The lowest BCUT2D eigenvalue weighted by Gasteiger charge is -2.07. The van der Waals surface area contributed by atoms with Crippen LogP contribution in [0.3, 0.4) is 0 Å². The van der Waals surface area contributed by atoms with Gasteiger partial charge in [-0.2, -0.15) is 0 Å². The number of halogens is 1. The van der Waals surface area contributed by atoms with Gasteiger partial charge in [-0.3, -0.25) is 4.79 Å². The minimum Gasteiger partial charge on any atom is -0.467 e. The van der Waals surface area contributed by atoms with Crippen LogP contribution < -0.4 is 10.6 Å². The summed E-state index contributed by atoms with van der Waals surface area (Å²) in [5.74, 6) is 0.319. The Bertz CT molecular complexity index is 800. The molecule has 6 heteroatoms. The summed E-state index contributed by atoms with van der Waals surface area (Å²) >= 11 is 0. The van der Waals surface area contributed by atoms with Gasteiger partial charge in [-0.1, -0.05) is 12.1 Å². The summed E-state index contributed by atoms with van der Waals surface area (Å²) in [6, 6.07) is 13.4. The van der Waals surface area contributed by atoms with E-state index in [9.17, 15) is 9.18 Å². The number of hydrogen-bond acceptors (Lipinski definition) is 4. The Labute approximate surface area is 144 Å². The lowest BCUT2D eigenvalue weighted by molar-refractivity contribution is 0.0949. The molecule has 1 amide bonds. The van der Waals surface area contributed by atoms with Crippen molar-refractivity contribution < 1.29 is 13.6 Å². The zero-order valence-corrected chi connectivity index (χ0v) is 13.5. The molecule has 0 spiro atoms. The van der Waals surface area contributed by atoms with Gasteiger partial charge in [-0.25, -0.2) is 9.37 Å². The first-order valence-electron chi connectivity index (χ1n) is 7.96. The Kier molecular flexibility index (Phi) is 5.41. The van der Waals surface area contributed by atoms with Crippen LogP contribution in [0.1, 0.15) is 21.8 Å². The first-order chi connectivity index (χ1) is 12.2. The second-order valence-corrected chi connectivity index (χ2v) is 5.50. The van der Waals surface area contributed by atoms with Gasteiger partial charge in [-0.15, -0.1) is 0 Å². The Morgan fingerprint density at radius 2 is 1.96 bits per heavy atom. The van der Waals surface area contributed by atoms with Crippen LogP contribution in [0, 0.1) is 5.82 Å². The van der Waals surface area contributed by atoms with Crippen molar-refractivity contribution in [1.29, 1.82) is 0 Å². The molecule has 0 aliphatic rings. The molecule has 0 saturated heterocycles. The second kappa shape index (κ2) is 8.10. The summed E-state index contributed by atoms with van der Waals surface area (Å²) in [6.45, 7) is 1.02. The zero-order chi connectivity index (χ0) is 17.5. The highest BCUT2D eigenvalue weighted by Crippen LogP contribution is 2.09. The minimum atomic E-state index is -0.266. The van der Waals surface area contributed by atoms with E-state index in [0.29, 0.717) is 25.2 Å². The highest BCUT2D eigenvalue weighted by atomic mass is 19.1. The van der Waals surface area contributed by atoms with Crippen molar-refractivity contribution in [3.63, 3.8) is 0 Å². The number of rotatable bonds is 7. The predicted octanol–water partition coefficient (Wildman–Crippen LogP) is 3.40. The molecule has 5 nitrogen and oxygen atoms in total. The predicted molar refractivity (Wildman–Crippen MR) is 92.7 cm³/mol. The van der Waals surface area contributed by atoms with E-state index < -0.39 is 0 Å². The van der Waals surface area contributed by atoms with Gasteiger partial charge >= 0.3 is 0 Å². The Morgan fingerprint density at radius 1 is 1.12 bits per heavy atom. The Balaban J connectivity index is 1.46. The van der Waals surface area contributed by atoms with Crippen molar-refractivity contribution in [3.8, 4) is 0 Å². The van der Waals surface area contributed by atoms with E-state index in [1.54, 1.807) is 36.7 Å². The van der Waals surface area contributed by atoms with Gasteiger partial charge in [0.05, 0.1) is 24.7 Å². The number of furan rings is 1. The zero-order valence-electron chi connectivity index (χ0n) is 13.5. The molecule has 2 heterocycles. The van der Waals surface area contributed by atoms with Crippen LogP contribution in [0.15, 0.2) is 65.4 Å². The number of anilines is 1. The third kappa shape index (κ3) is 4.91. The number of benzene rings is 1. The number of nitrogens with one attached hydrogen (secondary N) is 2. The van der Waals surface area contributed by atoms with Crippen LogP contribution in [0.4, 0.5) is 10.1 Å². The van der Waals surface area contributed by atoms with E-state index in [4.69, 9.17) is 4.42 Å². The number of hydrogen-bond donors (Lipinski definition) is 2. The fraction of sp³-hybridized carbons (Fsp3) is 0.158. The summed E-state index contributed by atoms with van der Waals surface area (Å²) in [7, 11) is 0. The second-order valence-electron chi connectivity index (χ2n) is 5.50. The van der Waals surface area contributed by atoms with Gasteiger partial charge in [0.25, 0.3) is 5.91 Å². The highest BCUT2D eigenvalue weighted by molar-refractivity contribution is 5.92. The van der Waals surface area contributed by atoms with Gasteiger partial charge in [0.1, 0.15) is 17.3 Å². The summed E-state index contributed by atoms with van der Waals surface area (Å²) in [5, 5.41) is 5.97. The van der Waals surface area contributed by atoms with Crippen LogP contribution >= 0.6 is 0 Å². The van der Waals surface area contributed by atoms with E-state index in [-0.39, 0.29) is 11.7 Å². The molecule has 0 saturated carbocycles. The number of carbonyl (C=O) groups excluding carboxylic acids is 1. The number of carbonyl (C=O) groups is 1. The maximum atomic E-state index is 12.8. The highest BCUT2D eigenvalue weighted by Gasteiger charge is 2.07. The average Bonchev–Trinajstić information content (AvgIpc) is 3.15. The molecule has 0 atom stereocenters. The third-order valence-electron chi connectivity index (χ3n) is 3.66. The molecule has 2 N–H and O–H groups in total. The number of pyridine rings is 1. The monoisotopic (exact) mass is 339 g/mol. The maximum absolute atomic E-state index is 12.8. The molecule has 3 aromatic rings. The van der Waals surface area contributed by atoms with Crippen LogP contribution in [-0.2, 0) is 13.0 Å². The SMILES string of the molecule is O=C(NCCc1ccc(F)cc1)c1ccc(NCc2ccco2)cn1. The molecular formula is C19H18FN3O2. The van der Waals surface area contributed by atoms with Gasteiger partial charge in [0.15, 0.2) is 0 Å². The molecule has 25 heavy (non-hydrogen) atoms. The molecule has 2 aromatic heterocycles. The van der Waals surface area contributed by atoms with E-state index in [0.717, 1.165) is 17.0 Å². The molecular weight excluding hydrogens is 321 g/mol. The van der Waals surface area contributed by atoms with Crippen LogP contribution in [0.2, 0.25) is 0 Å². The van der Waals surface area contributed by atoms with Crippen molar-refractivity contribution >= 4 is 11.6 Å². The molecule has 0 fully saturated rings. The van der Waals surface area contributed by atoms with Crippen molar-refractivity contribution in [3.05, 3.63) is 83.8 Å². The molecule has 3 rings (SSSR count). The summed E-state index contributed by atoms with van der Waals surface area (Å²) in [4.78, 5) is 16.2. The quantitative estimate of drug-likeness (QED) is 0.692. The first-order valence-corrected chi connectivity index (χ1v) is 7.96. The fourth-order valence-corrected chi connectivity index (χ4v) is 2.30. The number of amides is 1. The molecule has 0 aliphatic heterocycles. The molecule has 0 radical (unpaired) electrons. The van der Waals surface area contributed by atoms with Crippen molar-refractivity contribution in [2.75, 3.05) is 11.9 Å². The fourth-order valence-electron chi connectivity index (χ4n) is 2.30. The largest absolute Gasteiger partial charge is 0.467 e. The van der Waals surface area contributed by atoms with Crippen molar-refractivity contribution in [2.45, 2.75) is 13.0 Å². The summed E-state index contributed by atoms with van der Waals surface area (Å²) < 4.78 is 18.1. The van der Waals surface area contributed by atoms with Crippen molar-refractivity contribution in [1.82, 2.24) is 10.3 Å². The average molecular weight is 339 g/mol. The normalized spacial score (nSPS) is 10.4. The first kappa shape index (κ1) is 16.7. The minimum absolute atomic E-state index is 0.236. The molecule has 0 aliphatic carbocycles. The maximum Gasteiger partial charge on any atom is 0.269 e. The topological polar surface area (TPSA) is 67.2 Å². The molecule has 0 bridgehead atoms. The Morgan fingerprint density at radius 3 is 2.64 bits per heavy atom. The van der Waals surface area contributed by atoms with Gasteiger partial charge in [0.2, 0.25) is 0 Å². The number of aromatic nitrogens is 1. The van der Waals surface area contributed by atoms with Gasteiger partial charge in [0, 0.05) is 6.54 Å². The molecule has 1 aromatic carbocycles. The van der Waals surface area contributed by atoms with Gasteiger partial charge < -0.3 is 15.1 Å². The van der Waals surface area contributed by atoms with Crippen molar-refractivity contribution in [2.24, 2.45) is 0 Å². The number of nitrogens with zero attached hydrogens (tertiary/aromatic N) is 1. The molecule has 128 valence electrons. The summed E-state index contributed by atoms with van der Waals surface area (Å²) in [6.07, 6.45) is 3.86. The van der Waals surface area contributed by atoms with E-state index >= 15 is 0 Å². The van der Waals surface area contributed by atoms with E-state index in [1.807, 2.05) is 12.1 Å². The Hall–Kier alpha value is -3.15. The van der Waals surface area contributed by atoms with Gasteiger partial charge in [-0.05, 0) is 48.4 Å². The molecule has 0 unspecified atom stereocenters.